The molecule has 0 amide bonds. The first-order valence-electron chi connectivity index (χ1n) is 6.43. The number of hydrogen-bond acceptors (Lipinski definition) is 1. The minimum absolute atomic E-state index is 0.223. The maximum Gasteiger partial charge on any atom is 0.0206 e. The third-order valence-electron chi connectivity index (χ3n) is 4.58. The summed E-state index contributed by atoms with van der Waals surface area (Å²) in [5, 5.41) is 3.86. The Morgan fingerprint density at radius 1 is 0.733 bits per heavy atom. The largest absolute Gasteiger partial charge is 0.306 e. The van der Waals surface area contributed by atoms with Gasteiger partial charge >= 0.3 is 0 Å². The van der Waals surface area contributed by atoms with Crippen LogP contribution in [0.3, 0.4) is 0 Å². The average molecular weight is 213 g/mol. The van der Waals surface area contributed by atoms with E-state index in [1.807, 2.05) is 0 Å². The van der Waals surface area contributed by atoms with Crippen molar-refractivity contribution in [2.45, 2.75) is 85.7 Å². The van der Waals surface area contributed by atoms with E-state index in [1.54, 1.807) is 0 Å². The molecular weight excluding hydrogens is 182 g/mol. The van der Waals surface area contributed by atoms with E-state index in [2.05, 4.69) is 60.7 Å². The summed E-state index contributed by atoms with van der Waals surface area (Å²) in [5.41, 5.74) is 0.798. The summed E-state index contributed by atoms with van der Waals surface area (Å²) in [6.07, 6.45) is 3.56. The van der Waals surface area contributed by atoms with E-state index in [0.717, 1.165) is 0 Å². The quantitative estimate of drug-likeness (QED) is 0.691. The van der Waals surface area contributed by atoms with Gasteiger partial charge in [-0.1, -0.05) is 34.6 Å². The molecule has 0 fully saturated rings. The van der Waals surface area contributed by atoms with E-state index in [1.165, 1.54) is 19.3 Å². The fourth-order valence-electron chi connectivity index (χ4n) is 1.96. The van der Waals surface area contributed by atoms with E-state index in [4.69, 9.17) is 0 Å². The fraction of sp³-hybridized carbons (Fsp3) is 1.00. The molecule has 0 rings (SSSR count). The van der Waals surface area contributed by atoms with Crippen molar-refractivity contribution in [3.63, 3.8) is 0 Å². The van der Waals surface area contributed by atoms with Gasteiger partial charge in [-0.25, -0.2) is 0 Å². The lowest BCUT2D eigenvalue weighted by Gasteiger charge is -2.49. The summed E-state index contributed by atoms with van der Waals surface area (Å²) in [6.45, 7) is 18.5. The van der Waals surface area contributed by atoms with Crippen LogP contribution in [0.4, 0.5) is 0 Å². The lowest BCUT2D eigenvalue weighted by molar-refractivity contribution is 0.0873. The van der Waals surface area contributed by atoms with Crippen LogP contribution in [0.1, 0.15) is 74.7 Å². The lowest BCUT2D eigenvalue weighted by atomic mass is 9.69. The second-order valence-corrected chi connectivity index (χ2v) is 6.29. The van der Waals surface area contributed by atoms with Crippen LogP contribution < -0.4 is 5.32 Å². The predicted molar refractivity (Wildman–Crippen MR) is 70.3 cm³/mol. The maximum atomic E-state index is 3.86. The van der Waals surface area contributed by atoms with Crippen molar-refractivity contribution in [1.82, 2.24) is 5.32 Å². The van der Waals surface area contributed by atoms with Gasteiger partial charge < -0.3 is 5.32 Å². The van der Waals surface area contributed by atoms with Crippen LogP contribution in [0, 0.1) is 5.41 Å². The highest BCUT2D eigenvalue weighted by atomic mass is 15.1. The first-order valence-corrected chi connectivity index (χ1v) is 6.43. The van der Waals surface area contributed by atoms with Crippen molar-refractivity contribution in [1.29, 1.82) is 0 Å². The third kappa shape index (κ3) is 3.48. The monoisotopic (exact) mass is 213 g/mol. The third-order valence-corrected chi connectivity index (χ3v) is 4.58. The Morgan fingerprint density at radius 3 is 1.47 bits per heavy atom. The van der Waals surface area contributed by atoms with Crippen LogP contribution in [0.15, 0.2) is 0 Å². The first-order chi connectivity index (χ1) is 6.64. The van der Waals surface area contributed by atoms with Gasteiger partial charge in [0.15, 0.2) is 0 Å². The molecule has 0 radical (unpaired) electrons. The normalized spacial score (nSPS) is 17.6. The minimum atomic E-state index is 0.223. The molecule has 0 aromatic carbocycles. The summed E-state index contributed by atoms with van der Waals surface area (Å²) in [7, 11) is 0. The van der Waals surface area contributed by atoms with Crippen molar-refractivity contribution in [3.05, 3.63) is 0 Å². The smallest absolute Gasteiger partial charge is 0.0206 e. The second kappa shape index (κ2) is 4.86. The Bertz CT molecular complexity index is 194. The highest BCUT2D eigenvalue weighted by molar-refractivity contribution is 4.99. The van der Waals surface area contributed by atoms with Gasteiger partial charge in [0, 0.05) is 11.1 Å². The summed E-state index contributed by atoms with van der Waals surface area (Å²) < 4.78 is 0. The summed E-state index contributed by atoms with van der Waals surface area (Å²) in [6, 6.07) is 0. The Kier molecular flexibility index (Phi) is 4.85. The van der Waals surface area contributed by atoms with Crippen LogP contribution in [0.25, 0.3) is 0 Å². The topological polar surface area (TPSA) is 12.0 Å². The standard InChI is InChI=1S/C14H31N/c1-9-12(4,5)14(8,11-3)15-13(6,7)10-2/h15H,9-11H2,1-8H3. The van der Waals surface area contributed by atoms with E-state index < -0.39 is 0 Å². The Hall–Kier alpha value is -0.0400. The molecule has 0 bridgehead atoms. The molecule has 92 valence electrons. The van der Waals surface area contributed by atoms with Gasteiger partial charge in [0.05, 0.1) is 0 Å². The van der Waals surface area contributed by atoms with Gasteiger partial charge in [-0.05, 0) is 45.4 Å². The number of rotatable bonds is 6. The van der Waals surface area contributed by atoms with Crippen LogP contribution in [-0.4, -0.2) is 11.1 Å². The molecule has 0 aliphatic rings. The molecule has 1 unspecified atom stereocenters. The minimum Gasteiger partial charge on any atom is -0.306 e. The average Bonchev–Trinajstić information content (AvgIpc) is 2.16. The van der Waals surface area contributed by atoms with Crippen LogP contribution >= 0.6 is 0 Å². The van der Waals surface area contributed by atoms with Crippen molar-refractivity contribution in [2.75, 3.05) is 0 Å². The molecule has 1 atom stereocenters. The van der Waals surface area contributed by atoms with Gasteiger partial charge in [-0.3, -0.25) is 0 Å². The number of hydrogen-bond donors (Lipinski definition) is 1. The van der Waals surface area contributed by atoms with Crippen LogP contribution in [0.2, 0.25) is 0 Å². The highest BCUT2D eigenvalue weighted by Crippen LogP contribution is 2.38. The van der Waals surface area contributed by atoms with Crippen LogP contribution in [-0.2, 0) is 0 Å². The molecule has 0 spiro atoms. The molecule has 0 saturated heterocycles. The van der Waals surface area contributed by atoms with Gasteiger partial charge in [-0.2, -0.15) is 0 Å². The van der Waals surface area contributed by atoms with E-state index >= 15 is 0 Å². The zero-order valence-corrected chi connectivity index (χ0v) is 12.1. The Morgan fingerprint density at radius 2 is 1.20 bits per heavy atom. The maximum absolute atomic E-state index is 3.86. The van der Waals surface area contributed by atoms with Gasteiger partial charge in [-0.15, -0.1) is 0 Å². The SMILES string of the molecule is CCC(C)(C)NC(C)(CC)C(C)(C)CC. The van der Waals surface area contributed by atoms with Crippen molar-refractivity contribution < 1.29 is 0 Å². The molecule has 0 aromatic rings. The molecule has 0 saturated carbocycles. The molecule has 15 heavy (non-hydrogen) atoms. The van der Waals surface area contributed by atoms with Crippen molar-refractivity contribution in [3.8, 4) is 0 Å². The fourth-order valence-corrected chi connectivity index (χ4v) is 1.96. The summed E-state index contributed by atoms with van der Waals surface area (Å²) in [5.74, 6) is 0. The molecule has 0 aromatic heterocycles. The molecule has 0 aliphatic carbocycles. The van der Waals surface area contributed by atoms with Gasteiger partial charge in [0.1, 0.15) is 0 Å². The van der Waals surface area contributed by atoms with Crippen molar-refractivity contribution in [2.24, 2.45) is 5.41 Å². The van der Waals surface area contributed by atoms with E-state index in [9.17, 15) is 0 Å². The molecular formula is C14H31N. The Balaban J connectivity index is 4.87. The first kappa shape index (κ1) is 15.0. The van der Waals surface area contributed by atoms with Gasteiger partial charge in [0.25, 0.3) is 0 Å². The van der Waals surface area contributed by atoms with Gasteiger partial charge in [0.2, 0.25) is 0 Å². The molecule has 1 nitrogen and oxygen atoms in total. The zero-order chi connectivity index (χ0) is 12.3. The molecule has 0 aliphatic heterocycles. The number of nitrogens with one attached hydrogen (secondary N) is 1. The molecule has 1 N–H and O–H groups in total. The summed E-state index contributed by atoms with van der Waals surface area (Å²) >= 11 is 0. The second-order valence-electron chi connectivity index (χ2n) is 6.29. The summed E-state index contributed by atoms with van der Waals surface area (Å²) in [4.78, 5) is 0. The molecule has 1 heteroatoms. The molecule has 0 heterocycles. The van der Waals surface area contributed by atoms with Crippen molar-refractivity contribution >= 4 is 0 Å². The van der Waals surface area contributed by atoms with E-state index in [0.29, 0.717) is 5.41 Å². The zero-order valence-electron chi connectivity index (χ0n) is 12.1. The predicted octanol–water partition coefficient (Wildman–Crippen LogP) is 4.37. The lowest BCUT2D eigenvalue weighted by Crippen LogP contribution is -2.60. The van der Waals surface area contributed by atoms with E-state index in [-0.39, 0.29) is 11.1 Å². The Labute approximate surface area is 97.0 Å². The van der Waals surface area contributed by atoms with Crippen LogP contribution in [0.5, 0.6) is 0 Å². The highest BCUT2D eigenvalue weighted by Gasteiger charge is 2.40.